The summed E-state index contributed by atoms with van der Waals surface area (Å²) < 4.78 is 11.4. The number of anilines is 1. The Morgan fingerprint density at radius 3 is 2.65 bits per heavy atom. The minimum absolute atomic E-state index is 0.306. The van der Waals surface area contributed by atoms with Gasteiger partial charge in [0.15, 0.2) is 5.88 Å². The lowest BCUT2D eigenvalue weighted by atomic mass is 9.96. The number of hydrogen-bond acceptors (Lipinski definition) is 5. The summed E-state index contributed by atoms with van der Waals surface area (Å²) in [7, 11) is 5.46. The molecular weight excluding hydrogens is 352 g/mol. The van der Waals surface area contributed by atoms with Gasteiger partial charge < -0.3 is 19.4 Å². The van der Waals surface area contributed by atoms with Crippen molar-refractivity contribution in [2.75, 3.05) is 26.1 Å². The smallest absolute Gasteiger partial charge is 0.224 e. The van der Waals surface area contributed by atoms with E-state index < -0.39 is 0 Å². The highest BCUT2D eigenvalue weighted by molar-refractivity contribution is 6.33. The summed E-state index contributed by atoms with van der Waals surface area (Å²) in [6.45, 7) is 0. The molecule has 3 aromatic rings. The third-order valence-electron chi connectivity index (χ3n) is 4.63. The van der Waals surface area contributed by atoms with Crippen LogP contribution >= 0.6 is 11.6 Å². The minimum Gasteiger partial charge on any atom is -0.480 e. The molecule has 0 spiro atoms. The first-order chi connectivity index (χ1) is 12.5. The number of hydrogen-bond donors (Lipinski definition) is 1. The van der Waals surface area contributed by atoms with Crippen molar-refractivity contribution in [3.8, 4) is 23.0 Å². The van der Waals surface area contributed by atoms with E-state index in [-0.39, 0.29) is 0 Å². The second-order valence-electron chi connectivity index (χ2n) is 6.68. The van der Waals surface area contributed by atoms with Gasteiger partial charge in [-0.2, -0.15) is 4.98 Å². The number of halogens is 1. The third-order valence-corrected chi connectivity index (χ3v) is 4.92. The molecule has 1 fully saturated rings. The van der Waals surface area contributed by atoms with Gasteiger partial charge in [0.1, 0.15) is 11.9 Å². The number of H-pyrrole nitrogens is 1. The van der Waals surface area contributed by atoms with Crippen LogP contribution in [0.3, 0.4) is 0 Å². The standard InChI is InChI=1S/C19H21ClN4O2/c1-24(2)16-8-7-12(19(23-16)25-3)18-13(20)9-14-15(22-18)10-17(21-14)26-11-5-4-6-11/h7-11,21H,4-6H2,1-3H3. The molecule has 7 heteroatoms. The number of aromatic amines is 1. The van der Waals surface area contributed by atoms with Crippen LogP contribution in [0.4, 0.5) is 5.82 Å². The van der Waals surface area contributed by atoms with E-state index in [1.165, 1.54) is 6.42 Å². The molecule has 1 aliphatic carbocycles. The fourth-order valence-electron chi connectivity index (χ4n) is 2.94. The summed E-state index contributed by atoms with van der Waals surface area (Å²) in [5, 5.41) is 0.534. The van der Waals surface area contributed by atoms with Crippen LogP contribution in [0.5, 0.6) is 11.8 Å². The van der Waals surface area contributed by atoms with Crippen molar-refractivity contribution in [2.24, 2.45) is 0 Å². The number of pyridine rings is 2. The zero-order valence-electron chi connectivity index (χ0n) is 15.0. The number of fused-ring (bicyclic) bond motifs is 1. The summed E-state index contributed by atoms with van der Waals surface area (Å²) >= 11 is 6.51. The van der Waals surface area contributed by atoms with E-state index >= 15 is 0 Å². The average Bonchev–Trinajstić information content (AvgIpc) is 2.98. The van der Waals surface area contributed by atoms with Crippen LogP contribution in [0.25, 0.3) is 22.3 Å². The molecule has 6 nitrogen and oxygen atoms in total. The van der Waals surface area contributed by atoms with Gasteiger partial charge in [-0.15, -0.1) is 0 Å². The van der Waals surface area contributed by atoms with Crippen molar-refractivity contribution < 1.29 is 9.47 Å². The summed E-state index contributed by atoms with van der Waals surface area (Å²) in [4.78, 5) is 14.4. The molecule has 0 atom stereocenters. The zero-order valence-corrected chi connectivity index (χ0v) is 15.8. The lowest BCUT2D eigenvalue weighted by Crippen LogP contribution is -2.24. The van der Waals surface area contributed by atoms with Gasteiger partial charge in [-0.05, 0) is 37.5 Å². The van der Waals surface area contributed by atoms with Crippen molar-refractivity contribution in [3.05, 3.63) is 29.3 Å². The van der Waals surface area contributed by atoms with Crippen molar-refractivity contribution in [3.63, 3.8) is 0 Å². The molecule has 0 aliphatic heterocycles. The Hall–Kier alpha value is -2.47. The molecule has 1 N–H and O–H groups in total. The summed E-state index contributed by atoms with van der Waals surface area (Å²) in [5.41, 5.74) is 3.05. The Kier molecular flexibility index (Phi) is 4.36. The zero-order chi connectivity index (χ0) is 18.3. The van der Waals surface area contributed by atoms with Crippen LogP contribution in [0, 0.1) is 0 Å². The predicted molar refractivity (Wildman–Crippen MR) is 103 cm³/mol. The number of nitrogens with one attached hydrogen (secondary N) is 1. The van der Waals surface area contributed by atoms with E-state index in [2.05, 4.69) is 9.97 Å². The van der Waals surface area contributed by atoms with E-state index in [0.717, 1.165) is 41.1 Å². The molecule has 3 heterocycles. The second-order valence-corrected chi connectivity index (χ2v) is 7.08. The van der Waals surface area contributed by atoms with Gasteiger partial charge in [0.05, 0.1) is 34.4 Å². The molecule has 0 radical (unpaired) electrons. The molecule has 1 aliphatic rings. The molecule has 136 valence electrons. The summed E-state index contributed by atoms with van der Waals surface area (Å²) in [6, 6.07) is 7.63. The number of rotatable bonds is 5. The highest BCUT2D eigenvalue weighted by atomic mass is 35.5. The minimum atomic E-state index is 0.306. The lowest BCUT2D eigenvalue weighted by Gasteiger charge is -2.25. The van der Waals surface area contributed by atoms with Crippen LogP contribution < -0.4 is 14.4 Å². The fourth-order valence-corrected chi connectivity index (χ4v) is 3.20. The number of aromatic nitrogens is 3. The molecule has 3 aromatic heterocycles. The molecule has 4 rings (SSSR count). The van der Waals surface area contributed by atoms with E-state index in [4.69, 9.17) is 26.1 Å². The van der Waals surface area contributed by atoms with Crippen molar-refractivity contribution >= 4 is 28.5 Å². The number of methoxy groups -OCH3 is 1. The second kappa shape index (κ2) is 6.68. The van der Waals surface area contributed by atoms with Crippen LogP contribution in [-0.4, -0.2) is 42.3 Å². The molecule has 0 saturated heterocycles. The van der Waals surface area contributed by atoms with Crippen LogP contribution in [-0.2, 0) is 0 Å². The first-order valence-corrected chi connectivity index (χ1v) is 9.01. The Morgan fingerprint density at radius 1 is 1.19 bits per heavy atom. The molecule has 0 amide bonds. The molecule has 0 aromatic carbocycles. The van der Waals surface area contributed by atoms with Gasteiger partial charge in [0, 0.05) is 20.2 Å². The summed E-state index contributed by atoms with van der Waals surface area (Å²) in [5.74, 6) is 2.03. The monoisotopic (exact) mass is 372 g/mol. The Morgan fingerprint density at radius 2 is 2.00 bits per heavy atom. The number of nitrogens with zero attached hydrogens (tertiary/aromatic N) is 3. The predicted octanol–water partition coefficient (Wildman–Crippen LogP) is 4.28. The van der Waals surface area contributed by atoms with Crippen LogP contribution in [0.2, 0.25) is 5.02 Å². The average molecular weight is 373 g/mol. The van der Waals surface area contributed by atoms with Gasteiger partial charge in [-0.25, -0.2) is 4.98 Å². The van der Waals surface area contributed by atoms with E-state index in [9.17, 15) is 0 Å². The van der Waals surface area contributed by atoms with Crippen molar-refractivity contribution in [1.82, 2.24) is 15.0 Å². The van der Waals surface area contributed by atoms with E-state index in [0.29, 0.717) is 22.7 Å². The van der Waals surface area contributed by atoms with Gasteiger partial charge >= 0.3 is 0 Å². The van der Waals surface area contributed by atoms with E-state index in [1.54, 1.807) is 7.11 Å². The van der Waals surface area contributed by atoms with Gasteiger partial charge in [-0.3, -0.25) is 0 Å². The van der Waals surface area contributed by atoms with E-state index in [1.807, 2.05) is 43.3 Å². The quantitative estimate of drug-likeness (QED) is 0.724. The van der Waals surface area contributed by atoms with Gasteiger partial charge in [-0.1, -0.05) is 11.6 Å². The lowest BCUT2D eigenvalue weighted by molar-refractivity contribution is 0.115. The summed E-state index contributed by atoms with van der Waals surface area (Å²) in [6.07, 6.45) is 3.75. The highest BCUT2D eigenvalue weighted by Crippen LogP contribution is 2.36. The third kappa shape index (κ3) is 3.05. The SMILES string of the molecule is COc1nc(N(C)C)ccc1-c1nc2cc(OC3CCC3)[nH]c2cc1Cl. The first kappa shape index (κ1) is 17.0. The largest absolute Gasteiger partial charge is 0.480 e. The van der Waals surface area contributed by atoms with Crippen molar-refractivity contribution in [2.45, 2.75) is 25.4 Å². The first-order valence-electron chi connectivity index (χ1n) is 8.64. The Balaban J connectivity index is 1.74. The normalized spacial score (nSPS) is 14.3. The molecule has 0 unspecified atom stereocenters. The maximum absolute atomic E-state index is 6.51. The Labute approximate surface area is 157 Å². The van der Waals surface area contributed by atoms with Crippen molar-refractivity contribution in [1.29, 1.82) is 0 Å². The molecular formula is C19H21ClN4O2. The maximum atomic E-state index is 6.51. The van der Waals surface area contributed by atoms with Gasteiger partial charge in [0.25, 0.3) is 0 Å². The number of ether oxygens (including phenoxy) is 2. The maximum Gasteiger partial charge on any atom is 0.224 e. The van der Waals surface area contributed by atoms with Gasteiger partial charge in [0.2, 0.25) is 5.88 Å². The van der Waals surface area contributed by atoms with Crippen LogP contribution in [0.15, 0.2) is 24.3 Å². The molecule has 1 saturated carbocycles. The molecule has 26 heavy (non-hydrogen) atoms. The topological polar surface area (TPSA) is 63.3 Å². The molecule has 0 bridgehead atoms. The Bertz CT molecular complexity index is 950. The van der Waals surface area contributed by atoms with Crippen LogP contribution in [0.1, 0.15) is 19.3 Å². The fraction of sp³-hybridized carbons (Fsp3) is 0.368. The highest BCUT2D eigenvalue weighted by Gasteiger charge is 2.21.